The van der Waals surface area contributed by atoms with Gasteiger partial charge in [0.1, 0.15) is 5.75 Å². The Kier molecular flexibility index (Phi) is 4.96. The van der Waals surface area contributed by atoms with Crippen LogP contribution in [-0.4, -0.2) is 22.7 Å². The monoisotopic (exact) mass is 251 g/mol. The quantitative estimate of drug-likeness (QED) is 0.361. The first-order valence-corrected chi connectivity index (χ1v) is 5.28. The highest BCUT2D eigenvalue weighted by Gasteiger charge is 2.04. The molecule has 1 aromatic carbocycles. The van der Waals surface area contributed by atoms with E-state index in [1.54, 1.807) is 6.08 Å². The number of amides is 1. The van der Waals surface area contributed by atoms with Gasteiger partial charge in [-0.15, -0.1) is 6.58 Å². The molecule has 0 atom stereocenters. The van der Waals surface area contributed by atoms with Gasteiger partial charge in [0.2, 0.25) is 0 Å². The number of aromatic hydroxyl groups is 1. The first kappa shape index (κ1) is 13.0. The summed E-state index contributed by atoms with van der Waals surface area (Å²) in [6, 6.07) is 5.88. The van der Waals surface area contributed by atoms with Gasteiger partial charge in [-0.1, -0.05) is 6.08 Å². The molecule has 0 bridgehead atoms. The van der Waals surface area contributed by atoms with Crippen molar-refractivity contribution in [2.75, 3.05) is 6.54 Å². The minimum atomic E-state index is -0.340. The Morgan fingerprint density at radius 3 is 2.59 bits per heavy atom. The van der Waals surface area contributed by atoms with E-state index in [9.17, 15) is 4.79 Å². The summed E-state index contributed by atoms with van der Waals surface area (Å²) in [5, 5.41) is 12.2. The number of carbonyl (C=O) groups excluding carboxylic acids is 1. The second-order valence-electron chi connectivity index (χ2n) is 3.12. The fraction of sp³-hybridized carbons (Fsp3) is 0.0909. The highest BCUT2D eigenvalue weighted by atomic mass is 32.1. The van der Waals surface area contributed by atoms with E-state index in [1.165, 1.54) is 24.3 Å². The first-order chi connectivity index (χ1) is 8.13. The van der Waals surface area contributed by atoms with Crippen molar-refractivity contribution in [3.63, 3.8) is 0 Å². The highest BCUT2D eigenvalue weighted by molar-refractivity contribution is 7.80. The van der Waals surface area contributed by atoms with Crippen molar-refractivity contribution in [3.05, 3.63) is 42.5 Å². The molecular formula is C11H13N3O2S. The first-order valence-electron chi connectivity index (χ1n) is 4.87. The fourth-order valence-corrected chi connectivity index (χ4v) is 1.14. The zero-order valence-electron chi connectivity index (χ0n) is 9.06. The molecule has 0 aliphatic heterocycles. The molecule has 0 heterocycles. The molecule has 0 radical (unpaired) electrons. The van der Waals surface area contributed by atoms with Crippen LogP contribution in [0.15, 0.2) is 36.9 Å². The smallest absolute Gasteiger partial charge is 0.269 e. The predicted molar refractivity (Wildman–Crippen MR) is 69.5 cm³/mol. The molecule has 17 heavy (non-hydrogen) atoms. The lowest BCUT2D eigenvalue weighted by Gasteiger charge is -2.10. The van der Waals surface area contributed by atoms with Gasteiger partial charge in [0.25, 0.3) is 5.91 Å². The second-order valence-corrected chi connectivity index (χ2v) is 3.53. The Bertz CT molecular complexity index is 417. The van der Waals surface area contributed by atoms with Gasteiger partial charge in [-0.25, -0.2) is 0 Å². The van der Waals surface area contributed by atoms with Crippen LogP contribution in [0.3, 0.4) is 0 Å². The van der Waals surface area contributed by atoms with Crippen LogP contribution in [0.1, 0.15) is 10.4 Å². The van der Waals surface area contributed by atoms with E-state index in [0.717, 1.165) is 0 Å². The predicted octanol–water partition coefficient (Wildman–Crippen LogP) is 0.687. The maximum atomic E-state index is 11.6. The molecule has 0 saturated carbocycles. The summed E-state index contributed by atoms with van der Waals surface area (Å²) in [6.45, 7) is 4.04. The normalized spacial score (nSPS) is 9.18. The Balaban J connectivity index is 2.42. The maximum absolute atomic E-state index is 11.6. The average molecular weight is 251 g/mol. The third kappa shape index (κ3) is 4.52. The van der Waals surface area contributed by atoms with Crippen LogP contribution in [-0.2, 0) is 0 Å². The van der Waals surface area contributed by atoms with Crippen molar-refractivity contribution in [1.82, 2.24) is 16.2 Å². The van der Waals surface area contributed by atoms with Gasteiger partial charge in [-0.3, -0.25) is 15.6 Å². The van der Waals surface area contributed by atoms with Gasteiger partial charge in [0.15, 0.2) is 5.11 Å². The van der Waals surface area contributed by atoms with Crippen LogP contribution in [0.2, 0.25) is 0 Å². The average Bonchev–Trinajstić information content (AvgIpc) is 2.34. The molecular weight excluding hydrogens is 238 g/mol. The molecule has 4 N–H and O–H groups in total. The molecule has 0 aliphatic rings. The van der Waals surface area contributed by atoms with E-state index in [1.807, 2.05) is 0 Å². The van der Waals surface area contributed by atoms with E-state index in [-0.39, 0.29) is 11.7 Å². The Morgan fingerprint density at radius 2 is 2.00 bits per heavy atom. The molecule has 0 fully saturated rings. The number of hydrogen-bond donors (Lipinski definition) is 4. The van der Waals surface area contributed by atoms with Gasteiger partial charge < -0.3 is 10.4 Å². The van der Waals surface area contributed by atoms with Crippen molar-refractivity contribution in [2.45, 2.75) is 0 Å². The number of hydrogen-bond acceptors (Lipinski definition) is 3. The van der Waals surface area contributed by atoms with Gasteiger partial charge in [-0.05, 0) is 36.5 Å². The number of thiocarbonyl (C=S) groups is 1. The van der Waals surface area contributed by atoms with Crippen LogP contribution in [0, 0.1) is 0 Å². The van der Waals surface area contributed by atoms with Crippen molar-refractivity contribution in [1.29, 1.82) is 0 Å². The number of phenols is 1. The van der Waals surface area contributed by atoms with Crippen LogP contribution >= 0.6 is 12.2 Å². The summed E-state index contributed by atoms with van der Waals surface area (Å²) in [4.78, 5) is 11.6. The maximum Gasteiger partial charge on any atom is 0.269 e. The molecule has 0 aromatic heterocycles. The van der Waals surface area contributed by atoms with Gasteiger partial charge in [0, 0.05) is 12.1 Å². The van der Waals surface area contributed by atoms with Crippen molar-refractivity contribution in [3.8, 4) is 5.75 Å². The van der Waals surface area contributed by atoms with E-state index >= 15 is 0 Å². The van der Waals surface area contributed by atoms with E-state index in [4.69, 9.17) is 17.3 Å². The minimum Gasteiger partial charge on any atom is -0.508 e. The fourth-order valence-electron chi connectivity index (χ4n) is 1.01. The summed E-state index contributed by atoms with van der Waals surface area (Å²) in [6.07, 6.45) is 1.65. The van der Waals surface area contributed by atoms with Crippen LogP contribution in [0.4, 0.5) is 0 Å². The third-order valence-electron chi connectivity index (χ3n) is 1.83. The van der Waals surface area contributed by atoms with Gasteiger partial charge >= 0.3 is 0 Å². The van der Waals surface area contributed by atoms with Crippen LogP contribution in [0.25, 0.3) is 0 Å². The zero-order chi connectivity index (χ0) is 12.7. The van der Waals surface area contributed by atoms with E-state index < -0.39 is 0 Å². The summed E-state index contributed by atoms with van der Waals surface area (Å²) < 4.78 is 0. The Hall–Kier alpha value is -2.08. The number of rotatable bonds is 3. The number of carbonyl (C=O) groups is 1. The molecule has 1 rings (SSSR count). The molecule has 0 spiro atoms. The Labute approximate surface area is 105 Å². The molecule has 0 unspecified atom stereocenters. The minimum absolute atomic E-state index is 0.109. The van der Waals surface area contributed by atoms with Crippen molar-refractivity contribution >= 4 is 23.2 Å². The van der Waals surface area contributed by atoms with Crippen molar-refractivity contribution < 1.29 is 9.90 Å². The summed E-state index contributed by atoms with van der Waals surface area (Å²) >= 11 is 4.88. The topological polar surface area (TPSA) is 73.4 Å². The van der Waals surface area contributed by atoms with E-state index in [2.05, 4.69) is 22.7 Å². The lowest BCUT2D eigenvalue weighted by molar-refractivity contribution is 0.0943. The number of hydrazine groups is 1. The molecule has 0 aliphatic carbocycles. The summed E-state index contributed by atoms with van der Waals surface area (Å²) in [5.74, 6) is -0.231. The summed E-state index contributed by atoms with van der Waals surface area (Å²) in [7, 11) is 0. The molecule has 1 amide bonds. The number of phenolic OH excluding ortho intramolecular Hbond substituents is 1. The lowest BCUT2D eigenvalue weighted by Crippen LogP contribution is -2.46. The standard InChI is InChI=1S/C11H13N3O2S/c1-2-7-12-11(17)14-13-10(16)8-3-5-9(15)6-4-8/h2-6,15H,1,7H2,(H,13,16)(H2,12,14,17). The van der Waals surface area contributed by atoms with Crippen molar-refractivity contribution in [2.24, 2.45) is 0 Å². The molecule has 1 aromatic rings. The summed E-state index contributed by atoms with van der Waals surface area (Å²) in [5.41, 5.74) is 5.38. The SMILES string of the molecule is C=CCNC(=S)NNC(=O)c1ccc(O)cc1. The molecule has 6 heteroatoms. The van der Waals surface area contributed by atoms with Gasteiger partial charge in [-0.2, -0.15) is 0 Å². The van der Waals surface area contributed by atoms with Crippen LogP contribution < -0.4 is 16.2 Å². The third-order valence-corrected chi connectivity index (χ3v) is 2.07. The van der Waals surface area contributed by atoms with Gasteiger partial charge in [0.05, 0.1) is 0 Å². The molecule has 90 valence electrons. The van der Waals surface area contributed by atoms with Crippen LogP contribution in [0.5, 0.6) is 5.75 Å². The number of nitrogens with one attached hydrogen (secondary N) is 3. The highest BCUT2D eigenvalue weighted by Crippen LogP contribution is 2.08. The van der Waals surface area contributed by atoms with E-state index in [0.29, 0.717) is 17.2 Å². The molecule has 0 saturated heterocycles. The zero-order valence-corrected chi connectivity index (χ0v) is 9.88. The second kappa shape index (κ2) is 6.49. The number of benzene rings is 1. The lowest BCUT2D eigenvalue weighted by atomic mass is 10.2. The largest absolute Gasteiger partial charge is 0.508 e. The molecule has 5 nitrogen and oxygen atoms in total. The Morgan fingerprint density at radius 1 is 1.35 bits per heavy atom.